The Morgan fingerprint density at radius 1 is 1.06 bits per heavy atom. The van der Waals surface area contributed by atoms with Gasteiger partial charge in [0, 0.05) is 18.7 Å². The Hall–Kier alpha value is -3.39. The van der Waals surface area contributed by atoms with Crippen molar-refractivity contribution in [1.82, 2.24) is 14.7 Å². The average molecular weight is 482 g/mol. The van der Waals surface area contributed by atoms with Crippen molar-refractivity contribution < 1.29 is 23.8 Å². The number of ether oxygens (including phenoxy) is 2. The smallest absolute Gasteiger partial charge is 0.410 e. The molecule has 0 spiro atoms. The first-order valence-electron chi connectivity index (χ1n) is 11.7. The van der Waals surface area contributed by atoms with Gasteiger partial charge in [-0.25, -0.2) is 13.9 Å². The number of halogens is 1. The van der Waals surface area contributed by atoms with E-state index >= 15 is 4.39 Å². The van der Waals surface area contributed by atoms with Gasteiger partial charge in [0.15, 0.2) is 5.82 Å². The second-order valence-corrected chi connectivity index (χ2v) is 9.99. The van der Waals surface area contributed by atoms with Crippen LogP contribution in [0.1, 0.15) is 44.9 Å². The fourth-order valence-corrected chi connectivity index (χ4v) is 4.19. The molecule has 1 aliphatic rings. The third-order valence-corrected chi connectivity index (χ3v) is 6.15. The summed E-state index contributed by atoms with van der Waals surface area (Å²) in [5.74, 6) is 0.101. The van der Waals surface area contributed by atoms with E-state index in [1.54, 1.807) is 57.0 Å². The number of carbonyl (C=O) groups excluding carboxylic acids is 1. The summed E-state index contributed by atoms with van der Waals surface area (Å²) in [6.45, 7) is 7.85. The second-order valence-electron chi connectivity index (χ2n) is 9.99. The van der Waals surface area contributed by atoms with Crippen LogP contribution >= 0.6 is 0 Å². The Labute approximate surface area is 205 Å². The first kappa shape index (κ1) is 24.7. The Bertz CT molecular complexity index is 1190. The van der Waals surface area contributed by atoms with E-state index in [0.29, 0.717) is 17.0 Å². The van der Waals surface area contributed by atoms with Crippen molar-refractivity contribution in [2.75, 3.05) is 20.2 Å². The standard InChI is InChI=1S/C27H32FN3O4/c1-18-6-8-19(9-7-18)23-22(28)24(29-31(23)20-10-12-21(34-5)13-11-20)27(33)14-16-30(17-15-27)25(32)35-26(2,3)4/h6-13,33H,14-17H2,1-5H3. The molecule has 1 N–H and O–H groups in total. The highest BCUT2D eigenvalue weighted by molar-refractivity contribution is 5.68. The quantitative estimate of drug-likeness (QED) is 0.553. The molecule has 1 fully saturated rings. The van der Waals surface area contributed by atoms with Gasteiger partial charge in [-0.2, -0.15) is 5.10 Å². The number of carbonyl (C=O) groups is 1. The van der Waals surface area contributed by atoms with Gasteiger partial charge in [-0.1, -0.05) is 29.8 Å². The van der Waals surface area contributed by atoms with Crippen LogP contribution in [-0.2, 0) is 10.3 Å². The summed E-state index contributed by atoms with van der Waals surface area (Å²) < 4.78 is 28.3. The Kier molecular flexibility index (Phi) is 6.60. The number of benzene rings is 2. The van der Waals surface area contributed by atoms with Crippen LogP contribution in [0.3, 0.4) is 0 Å². The molecule has 0 atom stereocenters. The van der Waals surface area contributed by atoms with Gasteiger partial charge >= 0.3 is 6.09 Å². The molecule has 3 aromatic rings. The number of nitrogens with zero attached hydrogens (tertiary/aromatic N) is 3. The van der Waals surface area contributed by atoms with Crippen molar-refractivity contribution in [2.45, 2.75) is 51.7 Å². The zero-order chi connectivity index (χ0) is 25.4. The van der Waals surface area contributed by atoms with Crippen LogP contribution in [0.4, 0.5) is 9.18 Å². The highest BCUT2D eigenvalue weighted by atomic mass is 19.1. The van der Waals surface area contributed by atoms with E-state index in [0.717, 1.165) is 5.56 Å². The van der Waals surface area contributed by atoms with Crippen LogP contribution in [0.25, 0.3) is 16.9 Å². The molecule has 0 unspecified atom stereocenters. The minimum atomic E-state index is -1.51. The lowest BCUT2D eigenvalue weighted by Gasteiger charge is -2.37. The van der Waals surface area contributed by atoms with Crippen molar-refractivity contribution in [3.63, 3.8) is 0 Å². The van der Waals surface area contributed by atoms with Gasteiger partial charge in [0.2, 0.25) is 0 Å². The van der Waals surface area contributed by atoms with Crippen LogP contribution in [0.15, 0.2) is 48.5 Å². The van der Waals surface area contributed by atoms with E-state index in [4.69, 9.17) is 9.47 Å². The number of hydrogen-bond donors (Lipinski definition) is 1. The molecule has 4 rings (SSSR count). The molecule has 1 saturated heterocycles. The molecule has 1 amide bonds. The molecular weight excluding hydrogens is 449 g/mol. The minimum Gasteiger partial charge on any atom is -0.497 e. The maximum Gasteiger partial charge on any atom is 0.410 e. The number of aromatic nitrogens is 2. The van der Waals surface area contributed by atoms with Gasteiger partial charge in [-0.05, 0) is 64.8 Å². The number of piperidine rings is 1. The summed E-state index contributed by atoms with van der Waals surface area (Å²) in [6, 6.07) is 14.7. The minimum absolute atomic E-state index is 0.0206. The fourth-order valence-electron chi connectivity index (χ4n) is 4.19. The number of hydrogen-bond acceptors (Lipinski definition) is 5. The summed E-state index contributed by atoms with van der Waals surface area (Å²) in [5.41, 5.74) is 0.467. The van der Waals surface area contributed by atoms with Crippen molar-refractivity contribution in [3.05, 3.63) is 65.6 Å². The monoisotopic (exact) mass is 481 g/mol. The van der Waals surface area contributed by atoms with Crippen molar-refractivity contribution in [2.24, 2.45) is 0 Å². The Morgan fingerprint density at radius 3 is 2.20 bits per heavy atom. The summed E-state index contributed by atoms with van der Waals surface area (Å²) in [6.07, 6.45) is -0.143. The summed E-state index contributed by atoms with van der Waals surface area (Å²) in [7, 11) is 1.58. The molecular formula is C27H32FN3O4. The maximum absolute atomic E-state index is 16.0. The molecule has 35 heavy (non-hydrogen) atoms. The van der Waals surface area contributed by atoms with Gasteiger partial charge < -0.3 is 19.5 Å². The molecule has 186 valence electrons. The van der Waals surface area contributed by atoms with E-state index in [1.165, 1.54) is 4.68 Å². The SMILES string of the molecule is COc1ccc(-n2nc(C3(O)CCN(C(=O)OC(C)(C)C)CC3)c(F)c2-c2ccc(C)cc2)cc1. The lowest BCUT2D eigenvalue weighted by molar-refractivity contribution is -0.0401. The Balaban J connectivity index is 1.70. The molecule has 0 saturated carbocycles. The van der Waals surface area contributed by atoms with E-state index in [2.05, 4.69) is 5.10 Å². The van der Waals surface area contributed by atoms with Crippen LogP contribution in [0, 0.1) is 12.7 Å². The zero-order valence-electron chi connectivity index (χ0n) is 20.8. The van der Waals surface area contributed by atoms with Crippen LogP contribution in [0.5, 0.6) is 5.75 Å². The van der Waals surface area contributed by atoms with E-state index in [-0.39, 0.29) is 37.3 Å². The molecule has 2 heterocycles. The number of amides is 1. The van der Waals surface area contributed by atoms with Crippen molar-refractivity contribution in [3.8, 4) is 22.7 Å². The van der Waals surface area contributed by atoms with Crippen LogP contribution in [0.2, 0.25) is 0 Å². The number of aliphatic hydroxyl groups is 1. The molecule has 0 radical (unpaired) electrons. The zero-order valence-corrected chi connectivity index (χ0v) is 20.8. The van der Waals surface area contributed by atoms with Gasteiger partial charge in [-0.3, -0.25) is 0 Å². The molecule has 2 aromatic carbocycles. The van der Waals surface area contributed by atoms with E-state index in [9.17, 15) is 9.90 Å². The number of likely N-dealkylation sites (tertiary alicyclic amines) is 1. The number of methoxy groups -OCH3 is 1. The molecule has 1 aliphatic heterocycles. The highest BCUT2D eigenvalue weighted by Crippen LogP contribution is 2.38. The van der Waals surface area contributed by atoms with Crippen LogP contribution < -0.4 is 4.74 Å². The molecule has 0 aliphatic carbocycles. The third kappa shape index (κ3) is 5.17. The molecule has 1 aromatic heterocycles. The lowest BCUT2D eigenvalue weighted by atomic mass is 9.87. The lowest BCUT2D eigenvalue weighted by Crippen LogP contribution is -2.47. The first-order valence-corrected chi connectivity index (χ1v) is 11.7. The van der Waals surface area contributed by atoms with Crippen molar-refractivity contribution >= 4 is 6.09 Å². The van der Waals surface area contributed by atoms with Gasteiger partial charge in [0.25, 0.3) is 0 Å². The first-order chi connectivity index (χ1) is 16.5. The van der Waals surface area contributed by atoms with Crippen LogP contribution in [-0.4, -0.2) is 51.7 Å². The van der Waals surface area contributed by atoms with Gasteiger partial charge in [0.05, 0.1) is 12.8 Å². The van der Waals surface area contributed by atoms with E-state index < -0.39 is 23.1 Å². The summed E-state index contributed by atoms with van der Waals surface area (Å²) in [4.78, 5) is 14.0. The van der Waals surface area contributed by atoms with E-state index in [1.807, 2.05) is 31.2 Å². The number of aryl methyl sites for hydroxylation is 1. The highest BCUT2D eigenvalue weighted by Gasteiger charge is 2.42. The predicted molar refractivity (Wildman–Crippen MR) is 131 cm³/mol. The van der Waals surface area contributed by atoms with Gasteiger partial charge in [-0.15, -0.1) is 0 Å². The topological polar surface area (TPSA) is 76.8 Å². The molecule has 7 nitrogen and oxygen atoms in total. The predicted octanol–water partition coefficient (Wildman–Crippen LogP) is 5.21. The average Bonchev–Trinajstić information content (AvgIpc) is 3.17. The number of rotatable bonds is 4. The molecule has 8 heteroatoms. The van der Waals surface area contributed by atoms with Gasteiger partial charge in [0.1, 0.15) is 28.3 Å². The maximum atomic E-state index is 16.0. The largest absolute Gasteiger partial charge is 0.497 e. The fraction of sp³-hybridized carbons (Fsp3) is 0.407. The normalized spacial score (nSPS) is 15.7. The summed E-state index contributed by atoms with van der Waals surface area (Å²) >= 11 is 0. The second kappa shape index (κ2) is 9.34. The molecule has 0 bridgehead atoms. The summed E-state index contributed by atoms with van der Waals surface area (Å²) in [5, 5.41) is 16.1. The third-order valence-electron chi connectivity index (χ3n) is 6.15. The Morgan fingerprint density at radius 2 is 1.66 bits per heavy atom. The van der Waals surface area contributed by atoms with Crippen molar-refractivity contribution in [1.29, 1.82) is 0 Å².